The van der Waals surface area contributed by atoms with E-state index in [1.165, 1.54) is 50.5 Å². The van der Waals surface area contributed by atoms with Crippen molar-refractivity contribution < 1.29 is 14.2 Å². The summed E-state index contributed by atoms with van der Waals surface area (Å²) in [6, 6.07) is 17.3. The van der Waals surface area contributed by atoms with Crippen molar-refractivity contribution in [3.63, 3.8) is 0 Å². The quantitative estimate of drug-likeness (QED) is 0.182. The van der Waals surface area contributed by atoms with Crippen LogP contribution in [0.4, 0.5) is 0 Å². The lowest BCUT2D eigenvalue weighted by Crippen LogP contribution is -2.59. The number of carbonyl (C=O) groups excluding carboxylic acids is 1. The lowest BCUT2D eigenvalue weighted by atomic mass is 9.62. The topological polar surface area (TPSA) is 52.6 Å². The van der Waals surface area contributed by atoms with Gasteiger partial charge < -0.3 is 19.5 Å². The molecule has 2 aromatic rings. The first-order chi connectivity index (χ1) is 24.8. The maximum atomic E-state index is 15.3. The molecule has 2 aliphatic heterocycles. The molecule has 0 spiro atoms. The minimum Gasteiger partial charge on any atom is -0.633 e. The third-order valence-electron chi connectivity index (χ3n) is 14.2. The van der Waals surface area contributed by atoms with Crippen molar-refractivity contribution in [1.29, 1.82) is 0 Å². The van der Waals surface area contributed by atoms with E-state index in [1.54, 1.807) is 0 Å². The average molecular weight is 713 g/mol. The Balaban J connectivity index is 1.26. The van der Waals surface area contributed by atoms with E-state index in [-0.39, 0.29) is 16.7 Å². The van der Waals surface area contributed by atoms with Crippen LogP contribution < -0.4 is 4.74 Å². The Kier molecular flexibility index (Phi) is 12.8. The normalized spacial score (nSPS) is 34.5. The number of hydroxylamine groups is 3. The Hall–Kier alpha value is -2.37. The smallest absolute Gasteiger partial charge is 0.254 e. The molecule has 288 valence electrons. The fraction of sp³-hybridized carbons (Fsp3) is 0.723. The number of quaternary nitrogens is 1. The van der Waals surface area contributed by atoms with Crippen molar-refractivity contribution in [2.24, 2.45) is 47.3 Å². The van der Waals surface area contributed by atoms with Gasteiger partial charge in [0.05, 0.1) is 19.2 Å². The highest BCUT2D eigenvalue weighted by Crippen LogP contribution is 2.49. The number of hydrogen-bond donors (Lipinski definition) is 0. The van der Waals surface area contributed by atoms with Gasteiger partial charge in [-0.15, -0.1) is 0 Å². The first-order valence-corrected chi connectivity index (χ1v) is 21.6. The summed E-state index contributed by atoms with van der Waals surface area (Å²) in [6.45, 7) is 20.3. The van der Waals surface area contributed by atoms with Crippen LogP contribution in [0.15, 0.2) is 48.5 Å². The maximum Gasteiger partial charge on any atom is 0.254 e. The van der Waals surface area contributed by atoms with Gasteiger partial charge in [0.15, 0.2) is 0 Å². The van der Waals surface area contributed by atoms with Crippen LogP contribution in [0.25, 0.3) is 0 Å². The number of likely N-dealkylation sites (tertiary alicyclic amines) is 2. The Morgan fingerprint density at radius 2 is 1.35 bits per heavy atom. The average Bonchev–Trinajstić information content (AvgIpc) is 3.11. The monoisotopic (exact) mass is 713 g/mol. The van der Waals surface area contributed by atoms with Crippen LogP contribution in [-0.2, 0) is 6.54 Å². The van der Waals surface area contributed by atoms with Crippen LogP contribution in [0, 0.1) is 52.6 Å². The van der Waals surface area contributed by atoms with Crippen molar-refractivity contribution >= 4 is 5.91 Å². The van der Waals surface area contributed by atoms with E-state index >= 15 is 4.79 Å². The van der Waals surface area contributed by atoms with E-state index in [2.05, 4.69) is 96.7 Å². The number of para-hydroxylation sites is 1. The van der Waals surface area contributed by atoms with Gasteiger partial charge in [-0.3, -0.25) is 4.79 Å². The molecule has 2 saturated heterocycles. The number of nitrogens with zero attached hydrogens (tertiary/aromatic N) is 2. The van der Waals surface area contributed by atoms with Gasteiger partial charge in [-0.2, -0.15) is 0 Å². The van der Waals surface area contributed by atoms with Crippen molar-refractivity contribution in [2.75, 3.05) is 13.1 Å². The second-order valence-electron chi connectivity index (χ2n) is 19.1. The highest BCUT2D eigenvalue weighted by Gasteiger charge is 2.48. The molecule has 2 aliphatic carbocycles. The Labute approximate surface area is 317 Å². The molecule has 4 fully saturated rings. The van der Waals surface area contributed by atoms with Crippen LogP contribution in [0.5, 0.6) is 5.75 Å². The van der Waals surface area contributed by atoms with Gasteiger partial charge in [0.2, 0.25) is 0 Å². The Morgan fingerprint density at radius 1 is 0.769 bits per heavy atom. The number of ether oxygens (including phenoxy) is 1. The molecule has 2 heterocycles. The molecule has 8 atom stereocenters. The number of benzene rings is 2. The molecule has 4 aliphatic rings. The fourth-order valence-corrected chi connectivity index (χ4v) is 11.6. The third-order valence-corrected chi connectivity index (χ3v) is 14.2. The van der Waals surface area contributed by atoms with E-state index < -0.39 is 0 Å². The van der Waals surface area contributed by atoms with Crippen LogP contribution in [0.3, 0.4) is 0 Å². The SMILES string of the molecule is CC1CCC(C(C)C)C(C2CCCC(C3CC(C)CCC3C(C)C)N2C(=O)c2cccc(C[N+]3([O-])CCC(c4ccccc4OC(C)C)CC3)c2)C1. The summed E-state index contributed by atoms with van der Waals surface area (Å²) in [4.78, 5) is 17.8. The molecule has 2 saturated carbocycles. The van der Waals surface area contributed by atoms with Crippen molar-refractivity contribution in [2.45, 2.75) is 157 Å². The molecule has 0 radical (unpaired) electrons. The van der Waals surface area contributed by atoms with Gasteiger partial charge in [-0.1, -0.05) is 84.7 Å². The molecular weight excluding hydrogens is 641 g/mol. The molecule has 0 bridgehead atoms. The summed E-state index contributed by atoms with van der Waals surface area (Å²) in [6.07, 6.45) is 13.0. The third kappa shape index (κ3) is 8.94. The van der Waals surface area contributed by atoms with Crippen LogP contribution in [0.2, 0.25) is 0 Å². The van der Waals surface area contributed by atoms with Gasteiger partial charge >= 0.3 is 0 Å². The molecular formula is C47H72N2O3. The van der Waals surface area contributed by atoms with Crippen molar-refractivity contribution in [3.8, 4) is 5.75 Å². The van der Waals surface area contributed by atoms with Gasteiger partial charge in [-0.05, 0) is 136 Å². The zero-order valence-electron chi connectivity index (χ0n) is 34.1. The number of carbonyl (C=O) groups is 1. The summed E-state index contributed by atoms with van der Waals surface area (Å²) < 4.78 is 5.93. The highest BCUT2D eigenvalue weighted by molar-refractivity contribution is 5.95. The minimum atomic E-state index is -0.220. The molecule has 1 amide bonds. The molecule has 5 heteroatoms. The molecule has 52 heavy (non-hydrogen) atoms. The first-order valence-electron chi connectivity index (χ1n) is 21.6. The van der Waals surface area contributed by atoms with Gasteiger partial charge in [0.1, 0.15) is 12.3 Å². The van der Waals surface area contributed by atoms with E-state index in [9.17, 15) is 5.21 Å². The lowest BCUT2D eigenvalue weighted by molar-refractivity contribution is -0.899. The summed E-state index contributed by atoms with van der Waals surface area (Å²) in [5.41, 5.74) is 3.04. The molecule has 8 unspecified atom stereocenters. The fourth-order valence-electron chi connectivity index (χ4n) is 11.6. The number of hydrogen-bond acceptors (Lipinski definition) is 3. The maximum absolute atomic E-state index is 15.3. The van der Waals surface area contributed by atoms with Crippen molar-refractivity contribution in [3.05, 3.63) is 70.4 Å². The largest absolute Gasteiger partial charge is 0.633 e. The van der Waals surface area contributed by atoms with Crippen LogP contribution in [-0.4, -0.2) is 46.7 Å². The molecule has 0 aromatic heterocycles. The Bertz CT molecular complexity index is 1420. The summed E-state index contributed by atoms with van der Waals surface area (Å²) in [7, 11) is 0. The van der Waals surface area contributed by atoms with Crippen LogP contribution >= 0.6 is 0 Å². The summed E-state index contributed by atoms with van der Waals surface area (Å²) in [5.74, 6) is 6.69. The van der Waals surface area contributed by atoms with Gasteiger partial charge in [0, 0.05) is 36.1 Å². The van der Waals surface area contributed by atoms with Crippen molar-refractivity contribution in [1.82, 2.24) is 4.90 Å². The zero-order chi connectivity index (χ0) is 37.2. The summed E-state index contributed by atoms with van der Waals surface area (Å²) in [5, 5.41) is 14.3. The van der Waals surface area contributed by atoms with Crippen LogP contribution in [0.1, 0.15) is 153 Å². The van der Waals surface area contributed by atoms with Gasteiger partial charge in [-0.25, -0.2) is 0 Å². The number of amides is 1. The van der Waals surface area contributed by atoms with E-state index in [0.29, 0.717) is 73.1 Å². The molecule has 2 aromatic carbocycles. The second-order valence-corrected chi connectivity index (χ2v) is 19.1. The standard InChI is InChI=1S/C47H72N2O3/c1-31(2)39-21-19-34(7)27-42(39)44-16-12-17-45(43-28-35(8)20-22-40(43)32(3)4)48(44)47(50)38-14-11-13-36(29-38)30-49(51)25-23-37(24-26-49)41-15-9-10-18-46(41)52-33(5)6/h9-11,13-15,18,29,31-35,37,39-40,42-45H,12,16-17,19-28,30H2,1-8H3. The highest BCUT2D eigenvalue weighted by atomic mass is 16.5. The second kappa shape index (κ2) is 17.0. The van der Waals surface area contributed by atoms with E-state index in [4.69, 9.17) is 4.74 Å². The number of rotatable bonds is 10. The van der Waals surface area contributed by atoms with E-state index in [0.717, 1.165) is 54.4 Å². The molecule has 0 N–H and O–H groups in total. The predicted molar refractivity (Wildman–Crippen MR) is 215 cm³/mol. The molecule has 5 nitrogen and oxygen atoms in total. The lowest BCUT2D eigenvalue weighted by Gasteiger charge is -2.54. The Morgan fingerprint density at radius 3 is 1.90 bits per heavy atom. The zero-order valence-corrected chi connectivity index (χ0v) is 34.1. The minimum absolute atomic E-state index is 0.121. The summed E-state index contributed by atoms with van der Waals surface area (Å²) >= 11 is 0. The van der Waals surface area contributed by atoms with Gasteiger partial charge in [0.25, 0.3) is 5.91 Å². The number of piperidine rings is 2. The first kappa shape index (κ1) is 39.3. The predicted octanol–water partition coefficient (Wildman–Crippen LogP) is 11.6. The molecule has 6 rings (SSSR count). The van der Waals surface area contributed by atoms with E-state index in [1.807, 2.05) is 12.1 Å².